The highest BCUT2D eigenvalue weighted by molar-refractivity contribution is 5.38. The molecular weight excluding hydrogens is 164 g/mol. The van der Waals surface area contributed by atoms with Gasteiger partial charge >= 0.3 is 0 Å². The van der Waals surface area contributed by atoms with E-state index in [4.69, 9.17) is 0 Å². The molecule has 0 aromatic carbocycles. The summed E-state index contributed by atoms with van der Waals surface area (Å²) in [5, 5.41) is 7.56. The lowest BCUT2D eigenvalue weighted by molar-refractivity contribution is 0.708. The minimum absolute atomic E-state index is 1.07. The molecule has 1 aliphatic heterocycles. The van der Waals surface area contributed by atoms with Crippen molar-refractivity contribution in [3.05, 3.63) is 12.3 Å². The summed E-state index contributed by atoms with van der Waals surface area (Å²) < 4.78 is 1.94. The van der Waals surface area contributed by atoms with Gasteiger partial charge in [0.25, 0.3) is 0 Å². The van der Waals surface area contributed by atoms with Crippen LogP contribution in [-0.2, 0) is 7.05 Å². The van der Waals surface area contributed by atoms with Gasteiger partial charge < -0.3 is 10.2 Å². The van der Waals surface area contributed by atoms with Crippen LogP contribution in [0.3, 0.4) is 0 Å². The first-order valence-corrected chi connectivity index (χ1v) is 4.81. The average Bonchev–Trinajstić information content (AvgIpc) is 2.43. The van der Waals surface area contributed by atoms with Crippen molar-refractivity contribution in [1.29, 1.82) is 0 Å². The van der Waals surface area contributed by atoms with Crippen LogP contribution in [0.15, 0.2) is 12.3 Å². The molecule has 13 heavy (non-hydrogen) atoms. The number of rotatable bonds is 1. The molecule has 1 aromatic heterocycles. The van der Waals surface area contributed by atoms with Crippen molar-refractivity contribution in [3.8, 4) is 0 Å². The fraction of sp³-hybridized carbons (Fsp3) is 0.667. The summed E-state index contributed by atoms with van der Waals surface area (Å²) in [5.74, 6) is 1.23. The van der Waals surface area contributed by atoms with Gasteiger partial charge in [0.15, 0.2) is 0 Å². The van der Waals surface area contributed by atoms with Crippen LogP contribution in [0.1, 0.15) is 6.42 Å². The number of nitrogens with one attached hydrogen (secondary N) is 1. The maximum atomic E-state index is 4.18. The fourth-order valence-corrected chi connectivity index (χ4v) is 1.75. The molecule has 2 rings (SSSR count). The largest absolute Gasteiger partial charge is 0.356 e. The Morgan fingerprint density at radius 2 is 2.31 bits per heavy atom. The maximum absolute atomic E-state index is 4.18. The Labute approximate surface area is 78.5 Å². The highest BCUT2D eigenvalue weighted by Crippen LogP contribution is 2.12. The number of aryl methyl sites for hydroxylation is 1. The van der Waals surface area contributed by atoms with Crippen molar-refractivity contribution in [2.45, 2.75) is 6.42 Å². The van der Waals surface area contributed by atoms with Crippen LogP contribution < -0.4 is 10.2 Å². The Morgan fingerprint density at radius 3 is 3.08 bits per heavy atom. The van der Waals surface area contributed by atoms with E-state index in [0.29, 0.717) is 0 Å². The van der Waals surface area contributed by atoms with Crippen molar-refractivity contribution in [2.24, 2.45) is 7.05 Å². The molecule has 1 fully saturated rings. The minimum atomic E-state index is 1.07. The van der Waals surface area contributed by atoms with E-state index in [1.54, 1.807) is 0 Å². The molecule has 4 heteroatoms. The molecule has 0 aliphatic carbocycles. The normalized spacial score (nSPS) is 18.7. The highest BCUT2D eigenvalue weighted by Gasteiger charge is 2.11. The van der Waals surface area contributed by atoms with E-state index >= 15 is 0 Å². The zero-order valence-electron chi connectivity index (χ0n) is 8.03. The van der Waals surface area contributed by atoms with E-state index in [1.807, 2.05) is 17.9 Å². The van der Waals surface area contributed by atoms with Gasteiger partial charge in [0, 0.05) is 32.7 Å². The Balaban J connectivity index is 2.10. The number of aromatic nitrogens is 2. The van der Waals surface area contributed by atoms with Gasteiger partial charge in [-0.15, -0.1) is 0 Å². The summed E-state index contributed by atoms with van der Waals surface area (Å²) >= 11 is 0. The Kier molecular flexibility index (Phi) is 2.49. The number of nitrogens with zero attached hydrogens (tertiary/aromatic N) is 3. The quantitative estimate of drug-likeness (QED) is 0.671. The summed E-state index contributed by atoms with van der Waals surface area (Å²) in [5.41, 5.74) is 0. The van der Waals surface area contributed by atoms with E-state index in [0.717, 1.165) is 26.2 Å². The van der Waals surface area contributed by atoms with Crippen LogP contribution in [-0.4, -0.2) is 36.0 Å². The van der Waals surface area contributed by atoms with Crippen LogP contribution in [0.4, 0.5) is 5.82 Å². The zero-order chi connectivity index (χ0) is 9.10. The van der Waals surface area contributed by atoms with Gasteiger partial charge in [-0.1, -0.05) is 0 Å². The van der Waals surface area contributed by atoms with Gasteiger partial charge in [-0.3, -0.25) is 4.68 Å². The first-order chi connectivity index (χ1) is 6.38. The molecule has 0 spiro atoms. The first kappa shape index (κ1) is 8.56. The van der Waals surface area contributed by atoms with E-state index in [1.165, 1.54) is 12.2 Å². The van der Waals surface area contributed by atoms with Gasteiger partial charge in [0.2, 0.25) is 0 Å². The van der Waals surface area contributed by atoms with Crippen molar-refractivity contribution >= 4 is 5.82 Å². The fourth-order valence-electron chi connectivity index (χ4n) is 1.75. The predicted molar refractivity (Wildman–Crippen MR) is 52.9 cm³/mol. The van der Waals surface area contributed by atoms with Crippen LogP contribution in [0, 0.1) is 0 Å². The van der Waals surface area contributed by atoms with Gasteiger partial charge in [0.05, 0.1) is 6.20 Å². The van der Waals surface area contributed by atoms with Gasteiger partial charge in [-0.25, -0.2) is 0 Å². The van der Waals surface area contributed by atoms with Crippen LogP contribution in [0.2, 0.25) is 0 Å². The van der Waals surface area contributed by atoms with Gasteiger partial charge in [-0.05, 0) is 13.0 Å². The molecule has 0 amide bonds. The topological polar surface area (TPSA) is 33.1 Å². The molecule has 72 valence electrons. The van der Waals surface area contributed by atoms with Gasteiger partial charge in [0.1, 0.15) is 5.82 Å². The van der Waals surface area contributed by atoms with Crippen molar-refractivity contribution in [1.82, 2.24) is 15.1 Å². The molecule has 0 radical (unpaired) electrons. The van der Waals surface area contributed by atoms with Crippen LogP contribution in [0.25, 0.3) is 0 Å². The van der Waals surface area contributed by atoms with E-state index in [2.05, 4.69) is 21.4 Å². The predicted octanol–water partition coefficient (Wildman–Crippen LogP) is 0.220. The average molecular weight is 180 g/mol. The molecule has 1 aliphatic rings. The Hall–Kier alpha value is -1.03. The van der Waals surface area contributed by atoms with Gasteiger partial charge in [-0.2, -0.15) is 5.10 Å². The van der Waals surface area contributed by atoms with Crippen LogP contribution >= 0.6 is 0 Å². The summed E-state index contributed by atoms with van der Waals surface area (Å²) in [6, 6.07) is 2.07. The Bertz CT molecular complexity index is 260. The highest BCUT2D eigenvalue weighted by atomic mass is 15.4. The molecule has 0 unspecified atom stereocenters. The summed E-state index contributed by atoms with van der Waals surface area (Å²) in [7, 11) is 1.99. The Morgan fingerprint density at radius 1 is 1.38 bits per heavy atom. The second-order valence-electron chi connectivity index (χ2n) is 3.40. The number of anilines is 1. The molecule has 0 saturated carbocycles. The van der Waals surface area contributed by atoms with Crippen molar-refractivity contribution in [2.75, 3.05) is 31.1 Å². The molecule has 1 saturated heterocycles. The minimum Gasteiger partial charge on any atom is -0.356 e. The first-order valence-electron chi connectivity index (χ1n) is 4.81. The zero-order valence-corrected chi connectivity index (χ0v) is 8.03. The van der Waals surface area contributed by atoms with Crippen molar-refractivity contribution < 1.29 is 0 Å². The molecule has 0 atom stereocenters. The molecule has 1 N–H and O–H groups in total. The number of hydrogen-bond acceptors (Lipinski definition) is 3. The molecule has 1 aromatic rings. The summed E-state index contributed by atoms with van der Waals surface area (Å²) in [6.07, 6.45) is 3.07. The second-order valence-corrected chi connectivity index (χ2v) is 3.40. The molecule has 4 nitrogen and oxygen atoms in total. The van der Waals surface area contributed by atoms with E-state index in [9.17, 15) is 0 Å². The van der Waals surface area contributed by atoms with E-state index in [-0.39, 0.29) is 0 Å². The molecule has 2 heterocycles. The molecular formula is C9H16N4. The monoisotopic (exact) mass is 180 g/mol. The second kappa shape index (κ2) is 3.79. The standard InChI is InChI=1S/C9H16N4/c1-12-9(3-5-11-12)13-7-2-4-10-6-8-13/h3,5,10H,2,4,6-8H2,1H3. The molecule has 0 bridgehead atoms. The third kappa shape index (κ3) is 1.83. The van der Waals surface area contributed by atoms with E-state index < -0.39 is 0 Å². The summed E-state index contributed by atoms with van der Waals surface area (Å²) in [4.78, 5) is 2.38. The number of hydrogen-bond donors (Lipinski definition) is 1. The third-order valence-electron chi connectivity index (χ3n) is 2.46. The summed E-state index contributed by atoms with van der Waals surface area (Å²) in [6.45, 7) is 4.42. The van der Waals surface area contributed by atoms with Crippen LogP contribution in [0.5, 0.6) is 0 Å². The maximum Gasteiger partial charge on any atom is 0.126 e. The SMILES string of the molecule is Cn1nccc1N1CCCNCC1. The van der Waals surface area contributed by atoms with Crippen molar-refractivity contribution in [3.63, 3.8) is 0 Å². The lowest BCUT2D eigenvalue weighted by Crippen LogP contribution is -2.29. The lowest BCUT2D eigenvalue weighted by atomic mass is 10.4. The lowest BCUT2D eigenvalue weighted by Gasteiger charge is -2.21. The third-order valence-corrected chi connectivity index (χ3v) is 2.46. The smallest absolute Gasteiger partial charge is 0.126 e.